The zero-order chi connectivity index (χ0) is 13.9. The number of nitrogens with zero attached hydrogens (tertiary/aromatic N) is 6. The molecular weight excluding hydrogens is 276 g/mol. The van der Waals surface area contributed by atoms with Crippen LogP contribution in [-0.2, 0) is 0 Å². The number of nitrogen functional groups attached to an aromatic ring is 1. The number of thioether (sulfide) groups is 1. The molecule has 3 rings (SSSR count). The summed E-state index contributed by atoms with van der Waals surface area (Å²) < 4.78 is 1.59. The smallest absolute Gasteiger partial charge is 0.257 e. The van der Waals surface area contributed by atoms with Crippen LogP contribution in [0.2, 0.25) is 0 Å². The van der Waals surface area contributed by atoms with Crippen LogP contribution in [0.15, 0.2) is 18.5 Å². The summed E-state index contributed by atoms with van der Waals surface area (Å²) >= 11 is 1.96. The van der Waals surface area contributed by atoms with Crippen LogP contribution in [0.1, 0.15) is 6.92 Å². The fourth-order valence-electron chi connectivity index (χ4n) is 2.05. The van der Waals surface area contributed by atoms with Gasteiger partial charge in [-0.15, -0.1) is 0 Å². The lowest BCUT2D eigenvalue weighted by atomic mass is 10.4. The van der Waals surface area contributed by atoms with Gasteiger partial charge in [0.25, 0.3) is 5.95 Å². The van der Waals surface area contributed by atoms with Crippen molar-refractivity contribution in [3.8, 4) is 5.95 Å². The molecule has 20 heavy (non-hydrogen) atoms. The maximum absolute atomic E-state index is 5.44. The van der Waals surface area contributed by atoms with Crippen molar-refractivity contribution in [3.05, 3.63) is 18.5 Å². The Balaban J connectivity index is 1.96. The predicted octanol–water partition coefficient (Wildman–Crippen LogP) is 0.285. The molecule has 1 atom stereocenters. The summed E-state index contributed by atoms with van der Waals surface area (Å²) in [6, 6.07) is 1.82. The average Bonchev–Trinajstić information content (AvgIpc) is 3.01. The van der Waals surface area contributed by atoms with Gasteiger partial charge >= 0.3 is 0 Å². The molecule has 0 aromatic carbocycles. The second kappa shape index (κ2) is 5.63. The van der Waals surface area contributed by atoms with Crippen LogP contribution in [0.25, 0.3) is 5.95 Å². The van der Waals surface area contributed by atoms with E-state index in [0.717, 1.165) is 18.8 Å². The normalized spacial score (nSPS) is 19.1. The van der Waals surface area contributed by atoms with E-state index < -0.39 is 0 Å². The quantitative estimate of drug-likeness (QED) is 0.615. The van der Waals surface area contributed by atoms with Gasteiger partial charge in [0.15, 0.2) is 0 Å². The van der Waals surface area contributed by atoms with E-state index in [4.69, 9.17) is 5.84 Å². The molecule has 0 saturated carbocycles. The highest BCUT2D eigenvalue weighted by atomic mass is 32.2. The maximum Gasteiger partial charge on any atom is 0.257 e. The van der Waals surface area contributed by atoms with Gasteiger partial charge in [-0.25, -0.2) is 10.5 Å². The summed E-state index contributed by atoms with van der Waals surface area (Å²) in [6.45, 7) is 4.04. The molecule has 1 aliphatic heterocycles. The number of hydrogen-bond donors (Lipinski definition) is 2. The van der Waals surface area contributed by atoms with Gasteiger partial charge in [0.2, 0.25) is 11.9 Å². The van der Waals surface area contributed by atoms with Crippen molar-refractivity contribution in [2.45, 2.75) is 12.2 Å². The van der Waals surface area contributed by atoms with Crippen LogP contribution in [0, 0.1) is 0 Å². The molecule has 3 heterocycles. The first-order valence-electron chi connectivity index (χ1n) is 6.35. The average molecular weight is 292 g/mol. The second-order valence-electron chi connectivity index (χ2n) is 4.48. The first-order valence-corrected chi connectivity index (χ1v) is 7.40. The standard InChI is InChI=1S/C11H16N8S/c1-8-7-18(5-6-20-8)10-14-9(17-12)15-11(16-10)19-4-2-3-13-19/h2-4,8H,5-7,12H2,1H3,(H,14,15,16,17). The van der Waals surface area contributed by atoms with E-state index in [1.807, 2.05) is 17.8 Å². The number of nitrogens with two attached hydrogens (primary N) is 1. The Hall–Kier alpha value is -1.87. The molecule has 1 saturated heterocycles. The number of hydrogen-bond acceptors (Lipinski definition) is 8. The Morgan fingerprint density at radius 2 is 2.20 bits per heavy atom. The van der Waals surface area contributed by atoms with E-state index in [2.05, 4.69) is 37.3 Å². The summed E-state index contributed by atoms with van der Waals surface area (Å²) in [6.07, 6.45) is 3.46. The van der Waals surface area contributed by atoms with Crippen molar-refractivity contribution in [2.75, 3.05) is 29.2 Å². The minimum absolute atomic E-state index is 0.339. The molecule has 106 valence electrons. The van der Waals surface area contributed by atoms with E-state index >= 15 is 0 Å². The molecule has 0 radical (unpaired) electrons. The topological polar surface area (TPSA) is 97.8 Å². The van der Waals surface area contributed by atoms with E-state index in [-0.39, 0.29) is 0 Å². The monoisotopic (exact) mass is 292 g/mol. The maximum atomic E-state index is 5.44. The lowest BCUT2D eigenvalue weighted by Crippen LogP contribution is -2.38. The SMILES string of the molecule is CC1CN(c2nc(NN)nc(-n3cccn3)n2)CCS1. The Morgan fingerprint density at radius 3 is 2.90 bits per heavy atom. The largest absolute Gasteiger partial charge is 0.339 e. The number of anilines is 2. The third-order valence-corrected chi connectivity index (χ3v) is 4.11. The molecule has 8 nitrogen and oxygen atoms in total. The zero-order valence-electron chi connectivity index (χ0n) is 11.1. The molecule has 0 aliphatic carbocycles. The lowest BCUT2D eigenvalue weighted by molar-refractivity contribution is 0.730. The fourth-order valence-corrected chi connectivity index (χ4v) is 3.06. The van der Waals surface area contributed by atoms with Gasteiger partial charge < -0.3 is 4.90 Å². The van der Waals surface area contributed by atoms with Gasteiger partial charge in [0.05, 0.1) is 0 Å². The summed E-state index contributed by atoms with van der Waals surface area (Å²) in [4.78, 5) is 15.2. The molecule has 9 heteroatoms. The number of hydrazine groups is 1. The van der Waals surface area contributed by atoms with Crippen LogP contribution in [0.4, 0.5) is 11.9 Å². The van der Waals surface area contributed by atoms with Crippen LogP contribution in [0.5, 0.6) is 0 Å². The third kappa shape index (κ3) is 2.68. The highest BCUT2D eigenvalue weighted by Crippen LogP contribution is 2.22. The van der Waals surface area contributed by atoms with Gasteiger partial charge in [-0.05, 0) is 6.07 Å². The van der Waals surface area contributed by atoms with Gasteiger partial charge in [-0.3, -0.25) is 5.43 Å². The molecule has 0 bridgehead atoms. The molecule has 0 amide bonds. The second-order valence-corrected chi connectivity index (χ2v) is 6.03. The molecule has 3 N–H and O–H groups in total. The van der Waals surface area contributed by atoms with Gasteiger partial charge in [-0.2, -0.15) is 31.8 Å². The van der Waals surface area contributed by atoms with Crippen LogP contribution in [-0.4, -0.2) is 48.8 Å². The van der Waals surface area contributed by atoms with Gasteiger partial charge in [0.1, 0.15) is 0 Å². The Bertz CT molecular complexity index is 572. The van der Waals surface area contributed by atoms with Gasteiger partial charge in [-0.1, -0.05) is 6.92 Å². The van der Waals surface area contributed by atoms with Crippen molar-refractivity contribution in [1.29, 1.82) is 0 Å². The zero-order valence-corrected chi connectivity index (χ0v) is 11.9. The van der Waals surface area contributed by atoms with Crippen molar-refractivity contribution >= 4 is 23.7 Å². The lowest BCUT2D eigenvalue weighted by Gasteiger charge is -2.30. The molecule has 0 spiro atoms. The van der Waals surface area contributed by atoms with E-state index in [9.17, 15) is 0 Å². The third-order valence-electron chi connectivity index (χ3n) is 2.97. The summed E-state index contributed by atoms with van der Waals surface area (Å²) in [5.41, 5.74) is 2.48. The van der Waals surface area contributed by atoms with Crippen molar-refractivity contribution in [2.24, 2.45) is 5.84 Å². The Kier molecular flexibility index (Phi) is 3.70. The van der Waals surface area contributed by atoms with E-state index in [0.29, 0.717) is 23.1 Å². The Morgan fingerprint density at radius 1 is 1.35 bits per heavy atom. The first kappa shape index (κ1) is 13.1. The minimum Gasteiger partial charge on any atom is -0.339 e. The predicted molar refractivity (Wildman–Crippen MR) is 78.9 cm³/mol. The Labute approximate surface area is 120 Å². The van der Waals surface area contributed by atoms with Crippen LogP contribution in [0.3, 0.4) is 0 Å². The molecular formula is C11H16N8S. The minimum atomic E-state index is 0.339. The van der Waals surface area contributed by atoms with Crippen LogP contribution < -0.4 is 16.2 Å². The molecule has 1 unspecified atom stereocenters. The molecule has 1 aliphatic rings. The van der Waals surface area contributed by atoms with Crippen molar-refractivity contribution in [1.82, 2.24) is 24.7 Å². The molecule has 2 aromatic rings. The molecule has 1 fully saturated rings. The van der Waals surface area contributed by atoms with Crippen LogP contribution >= 0.6 is 11.8 Å². The first-order chi connectivity index (χ1) is 9.76. The van der Waals surface area contributed by atoms with E-state index in [1.54, 1.807) is 17.1 Å². The highest BCUT2D eigenvalue weighted by Gasteiger charge is 2.20. The highest BCUT2D eigenvalue weighted by molar-refractivity contribution is 8.00. The van der Waals surface area contributed by atoms with Gasteiger partial charge in [0, 0.05) is 36.5 Å². The number of nitrogens with one attached hydrogen (secondary N) is 1. The summed E-state index contributed by atoms with van der Waals surface area (Å²) in [5.74, 6) is 7.93. The fraction of sp³-hybridized carbons (Fsp3) is 0.455. The molecule has 2 aromatic heterocycles. The number of aromatic nitrogens is 5. The number of rotatable bonds is 3. The summed E-state index contributed by atoms with van der Waals surface area (Å²) in [7, 11) is 0. The van der Waals surface area contributed by atoms with E-state index in [1.165, 1.54) is 0 Å². The summed E-state index contributed by atoms with van der Waals surface area (Å²) in [5, 5.41) is 4.69. The van der Waals surface area contributed by atoms with Crippen molar-refractivity contribution in [3.63, 3.8) is 0 Å². The van der Waals surface area contributed by atoms with Crippen molar-refractivity contribution < 1.29 is 0 Å².